The Kier molecular flexibility index (Phi) is 2.65. The quantitative estimate of drug-likeness (QED) is 0.592. The second-order valence-electron chi connectivity index (χ2n) is 8.85. The Morgan fingerprint density at radius 3 is 2.35 bits per heavy atom. The van der Waals surface area contributed by atoms with Crippen LogP contribution in [0.3, 0.4) is 0 Å². The SMILES string of the molecule is CC1C(C)C2C(CCC3OC32)C2CCC3CCCC3C12. The summed E-state index contributed by atoms with van der Waals surface area (Å²) in [5.74, 6) is 8.16. The van der Waals surface area contributed by atoms with Gasteiger partial charge in [-0.3, -0.25) is 0 Å². The van der Waals surface area contributed by atoms with E-state index in [1.165, 1.54) is 19.3 Å². The van der Waals surface area contributed by atoms with E-state index in [1.807, 2.05) is 0 Å². The van der Waals surface area contributed by atoms with Crippen LogP contribution in [0.4, 0.5) is 0 Å². The van der Waals surface area contributed by atoms with Crippen LogP contribution in [0.15, 0.2) is 0 Å². The zero-order valence-electron chi connectivity index (χ0n) is 13.1. The Labute approximate surface area is 123 Å². The monoisotopic (exact) mass is 274 g/mol. The summed E-state index contributed by atoms with van der Waals surface area (Å²) in [7, 11) is 0. The molecular weight excluding hydrogens is 244 g/mol. The highest BCUT2D eigenvalue weighted by Crippen LogP contribution is 2.63. The zero-order chi connectivity index (χ0) is 13.4. The Bertz CT molecular complexity index is 405. The van der Waals surface area contributed by atoms with Gasteiger partial charge in [-0.15, -0.1) is 0 Å². The number of ether oxygens (including phenoxy) is 1. The summed E-state index contributed by atoms with van der Waals surface area (Å²) in [6.07, 6.45) is 12.0. The smallest absolute Gasteiger partial charge is 0.0875 e. The molecule has 5 aliphatic rings. The van der Waals surface area contributed by atoms with Gasteiger partial charge >= 0.3 is 0 Å². The molecule has 1 heteroatoms. The number of rotatable bonds is 0. The molecule has 0 amide bonds. The second-order valence-corrected chi connectivity index (χ2v) is 8.85. The van der Waals surface area contributed by atoms with Gasteiger partial charge in [-0.1, -0.05) is 26.7 Å². The van der Waals surface area contributed by atoms with Crippen molar-refractivity contribution in [3.8, 4) is 0 Å². The Hall–Kier alpha value is -0.0400. The lowest BCUT2D eigenvalue weighted by Gasteiger charge is -2.56. The zero-order valence-corrected chi connectivity index (χ0v) is 13.1. The highest BCUT2D eigenvalue weighted by atomic mass is 16.6. The molecule has 0 aromatic rings. The number of hydrogen-bond acceptors (Lipinski definition) is 1. The van der Waals surface area contributed by atoms with E-state index >= 15 is 0 Å². The van der Waals surface area contributed by atoms with E-state index < -0.39 is 0 Å². The Morgan fingerprint density at radius 1 is 0.700 bits per heavy atom. The Morgan fingerprint density at radius 2 is 1.45 bits per heavy atom. The van der Waals surface area contributed by atoms with Gasteiger partial charge in [-0.25, -0.2) is 0 Å². The molecule has 0 bridgehead atoms. The first kappa shape index (κ1) is 12.5. The van der Waals surface area contributed by atoms with Crippen LogP contribution in [-0.2, 0) is 4.74 Å². The molecular formula is C19H30O. The van der Waals surface area contributed by atoms with E-state index in [4.69, 9.17) is 4.74 Å². The number of epoxide rings is 1. The third-order valence-electron chi connectivity index (χ3n) is 8.45. The third kappa shape index (κ3) is 1.54. The van der Waals surface area contributed by atoms with E-state index in [2.05, 4.69) is 13.8 Å². The minimum absolute atomic E-state index is 0.672. The van der Waals surface area contributed by atoms with Crippen LogP contribution >= 0.6 is 0 Å². The molecule has 0 radical (unpaired) electrons. The van der Waals surface area contributed by atoms with Crippen LogP contribution in [0, 0.1) is 47.3 Å². The molecule has 0 aromatic heterocycles. The maximum Gasteiger partial charge on any atom is 0.0875 e. The molecule has 0 N–H and O–H groups in total. The summed E-state index contributed by atoms with van der Waals surface area (Å²) in [6.45, 7) is 5.17. The molecule has 1 heterocycles. The average Bonchev–Trinajstić information content (AvgIpc) is 3.10. The van der Waals surface area contributed by atoms with Crippen molar-refractivity contribution < 1.29 is 4.74 Å². The van der Waals surface area contributed by atoms with Gasteiger partial charge in [0.05, 0.1) is 12.2 Å². The predicted molar refractivity (Wildman–Crippen MR) is 80.2 cm³/mol. The van der Waals surface area contributed by atoms with Crippen LogP contribution in [0.5, 0.6) is 0 Å². The molecule has 4 saturated carbocycles. The van der Waals surface area contributed by atoms with Gasteiger partial charge in [-0.05, 0) is 79.4 Å². The molecule has 1 nitrogen and oxygen atoms in total. The van der Waals surface area contributed by atoms with Crippen molar-refractivity contribution >= 4 is 0 Å². The van der Waals surface area contributed by atoms with Crippen molar-refractivity contribution in [2.45, 2.75) is 71.0 Å². The lowest BCUT2D eigenvalue weighted by atomic mass is 9.48. The predicted octanol–water partition coefficient (Wildman–Crippen LogP) is 4.51. The summed E-state index contributed by atoms with van der Waals surface area (Å²) < 4.78 is 6.03. The van der Waals surface area contributed by atoms with Gasteiger partial charge < -0.3 is 4.74 Å². The van der Waals surface area contributed by atoms with Gasteiger partial charge in [-0.2, -0.15) is 0 Å². The van der Waals surface area contributed by atoms with Crippen LogP contribution < -0.4 is 0 Å². The molecule has 20 heavy (non-hydrogen) atoms. The molecule has 5 rings (SSSR count). The molecule has 10 atom stereocenters. The summed E-state index contributed by atoms with van der Waals surface area (Å²) in [4.78, 5) is 0. The van der Waals surface area contributed by atoms with Gasteiger partial charge in [0.15, 0.2) is 0 Å². The fraction of sp³-hybridized carbons (Fsp3) is 1.00. The molecule has 4 aliphatic carbocycles. The summed E-state index contributed by atoms with van der Waals surface area (Å²) in [5.41, 5.74) is 0. The van der Waals surface area contributed by atoms with Crippen molar-refractivity contribution in [3.63, 3.8) is 0 Å². The summed E-state index contributed by atoms with van der Waals surface area (Å²) in [6, 6.07) is 0. The average molecular weight is 274 g/mol. The molecule has 112 valence electrons. The molecule has 0 spiro atoms. The van der Waals surface area contributed by atoms with Gasteiger partial charge in [0.1, 0.15) is 0 Å². The van der Waals surface area contributed by atoms with Crippen molar-refractivity contribution in [1.29, 1.82) is 0 Å². The second kappa shape index (κ2) is 4.24. The third-order valence-corrected chi connectivity index (χ3v) is 8.45. The molecule has 5 fully saturated rings. The molecule has 1 aliphatic heterocycles. The molecule has 1 saturated heterocycles. The van der Waals surface area contributed by atoms with Gasteiger partial charge in [0, 0.05) is 0 Å². The van der Waals surface area contributed by atoms with E-state index in [0.717, 1.165) is 47.3 Å². The lowest BCUT2D eigenvalue weighted by Crippen LogP contribution is -2.52. The topological polar surface area (TPSA) is 12.5 Å². The normalized spacial score (nSPS) is 63.9. The van der Waals surface area contributed by atoms with E-state index in [9.17, 15) is 0 Å². The standard InChI is InChI=1S/C19H30O/c1-10-11(2)18-15(8-9-16-19(18)20-16)14-7-6-12-4-3-5-13(12)17(10)14/h10-19H,3-9H2,1-2H3. The van der Waals surface area contributed by atoms with Crippen LogP contribution in [-0.4, -0.2) is 12.2 Å². The number of hydrogen-bond donors (Lipinski definition) is 0. The number of fused-ring (bicyclic) bond motifs is 7. The van der Waals surface area contributed by atoms with E-state index in [0.29, 0.717) is 12.2 Å². The van der Waals surface area contributed by atoms with Crippen molar-refractivity contribution in [3.05, 3.63) is 0 Å². The van der Waals surface area contributed by atoms with Crippen LogP contribution in [0.2, 0.25) is 0 Å². The van der Waals surface area contributed by atoms with E-state index in [-0.39, 0.29) is 0 Å². The van der Waals surface area contributed by atoms with Crippen molar-refractivity contribution in [2.24, 2.45) is 47.3 Å². The van der Waals surface area contributed by atoms with E-state index in [1.54, 1.807) is 25.7 Å². The maximum absolute atomic E-state index is 6.03. The summed E-state index contributed by atoms with van der Waals surface area (Å²) in [5, 5.41) is 0. The highest BCUT2D eigenvalue weighted by Gasteiger charge is 2.61. The largest absolute Gasteiger partial charge is 0.369 e. The molecule has 10 unspecified atom stereocenters. The summed E-state index contributed by atoms with van der Waals surface area (Å²) >= 11 is 0. The van der Waals surface area contributed by atoms with Crippen molar-refractivity contribution in [1.82, 2.24) is 0 Å². The maximum atomic E-state index is 6.03. The van der Waals surface area contributed by atoms with Gasteiger partial charge in [0.25, 0.3) is 0 Å². The first-order chi connectivity index (χ1) is 9.75. The highest BCUT2D eigenvalue weighted by molar-refractivity contribution is 5.09. The minimum atomic E-state index is 0.672. The van der Waals surface area contributed by atoms with Crippen LogP contribution in [0.1, 0.15) is 58.8 Å². The van der Waals surface area contributed by atoms with Crippen molar-refractivity contribution in [2.75, 3.05) is 0 Å². The van der Waals surface area contributed by atoms with Crippen LogP contribution in [0.25, 0.3) is 0 Å². The lowest BCUT2D eigenvalue weighted by molar-refractivity contribution is -0.0825. The Balaban J connectivity index is 1.49. The minimum Gasteiger partial charge on any atom is -0.369 e. The first-order valence-electron chi connectivity index (χ1n) is 9.41. The van der Waals surface area contributed by atoms with Gasteiger partial charge in [0.2, 0.25) is 0 Å². The molecule has 0 aromatic carbocycles. The first-order valence-corrected chi connectivity index (χ1v) is 9.41. The fourth-order valence-corrected chi connectivity index (χ4v) is 7.54. The fourth-order valence-electron chi connectivity index (χ4n) is 7.54.